The summed E-state index contributed by atoms with van der Waals surface area (Å²) in [6.07, 6.45) is 3.90. The summed E-state index contributed by atoms with van der Waals surface area (Å²) in [5.74, 6) is 0.585. The van der Waals surface area contributed by atoms with Gasteiger partial charge >= 0.3 is 0 Å². The Morgan fingerprint density at radius 1 is 1.13 bits per heavy atom. The van der Waals surface area contributed by atoms with E-state index in [1.165, 1.54) is 18.5 Å². The number of morpholine rings is 1. The van der Waals surface area contributed by atoms with Crippen molar-refractivity contribution in [3.05, 3.63) is 35.9 Å². The molecule has 128 valence electrons. The van der Waals surface area contributed by atoms with Crippen LogP contribution in [0.2, 0.25) is 0 Å². The largest absolute Gasteiger partial charge is 0.379 e. The fourth-order valence-electron chi connectivity index (χ4n) is 4.00. The van der Waals surface area contributed by atoms with Crippen LogP contribution in [0.1, 0.15) is 38.7 Å². The predicted molar refractivity (Wildman–Crippen MR) is 93.8 cm³/mol. The Labute approximate surface area is 141 Å². The van der Waals surface area contributed by atoms with Crippen LogP contribution in [0, 0.1) is 5.92 Å². The normalized spacial score (nSPS) is 29.8. The van der Waals surface area contributed by atoms with Crippen molar-refractivity contribution < 1.29 is 9.47 Å². The van der Waals surface area contributed by atoms with E-state index in [0.717, 1.165) is 45.8 Å². The van der Waals surface area contributed by atoms with E-state index < -0.39 is 0 Å². The topological polar surface area (TPSA) is 21.7 Å². The van der Waals surface area contributed by atoms with Crippen molar-refractivity contribution >= 4 is 0 Å². The highest BCUT2D eigenvalue weighted by Crippen LogP contribution is 2.42. The number of nitrogens with zero attached hydrogens (tertiary/aromatic N) is 1. The fraction of sp³-hybridized carbons (Fsp3) is 0.700. The van der Waals surface area contributed by atoms with Crippen molar-refractivity contribution in [2.75, 3.05) is 39.5 Å². The van der Waals surface area contributed by atoms with Crippen molar-refractivity contribution in [3.8, 4) is 0 Å². The molecule has 1 aromatic carbocycles. The van der Waals surface area contributed by atoms with Crippen LogP contribution in [-0.4, -0.2) is 50.5 Å². The zero-order valence-corrected chi connectivity index (χ0v) is 14.7. The van der Waals surface area contributed by atoms with Gasteiger partial charge in [-0.3, -0.25) is 4.90 Å². The second-order valence-corrected chi connectivity index (χ2v) is 7.46. The minimum absolute atomic E-state index is 0.271. The van der Waals surface area contributed by atoms with Gasteiger partial charge in [0, 0.05) is 25.1 Å². The zero-order chi connectivity index (χ0) is 16.1. The van der Waals surface area contributed by atoms with Gasteiger partial charge in [0.1, 0.15) is 0 Å². The first-order valence-electron chi connectivity index (χ1n) is 9.17. The lowest BCUT2D eigenvalue weighted by Gasteiger charge is -2.44. The highest BCUT2D eigenvalue weighted by Gasteiger charge is 2.39. The summed E-state index contributed by atoms with van der Waals surface area (Å²) in [5.41, 5.74) is 1.77. The Bertz CT molecular complexity index is 470. The van der Waals surface area contributed by atoms with Crippen molar-refractivity contribution in [2.45, 2.75) is 44.6 Å². The Morgan fingerprint density at radius 3 is 2.57 bits per heavy atom. The maximum atomic E-state index is 6.07. The molecule has 2 saturated heterocycles. The maximum absolute atomic E-state index is 6.07. The molecular formula is C20H31NO2. The van der Waals surface area contributed by atoms with Crippen LogP contribution >= 0.6 is 0 Å². The van der Waals surface area contributed by atoms with Crippen LogP contribution in [0.25, 0.3) is 0 Å². The van der Waals surface area contributed by atoms with Gasteiger partial charge in [0.15, 0.2) is 0 Å². The fourth-order valence-corrected chi connectivity index (χ4v) is 4.00. The third-order valence-electron chi connectivity index (χ3n) is 5.64. The SMILES string of the molecule is CC(C)C1CC(CCN2CCOCC2)(c2ccccc2)CCO1. The molecule has 0 aromatic heterocycles. The smallest absolute Gasteiger partial charge is 0.0606 e. The van der Waals surface area contributed by atoms with E-state index in [4.69, 9.17) is 9.47 Å². The van der Waals surface area contributed by atoms with Crippen molar-refractivity contribution in [1.29, 1.82) is 0 Å². The first-order chi connectivity index (χ1) is 11.2. The van der Waals surface area contributed by atoms with Gasteiger partial charge in [-0.25, -0.2) is 0 Å². The van der Waals surface area contributed by atoms with Gasteiger partial charge in [0.25, 0.3) is 0 Å². The summed E-state index contributed by atoms with van der Waals surface area (Å²) < 4.78 is 11.6. The monoisotopic (exact) mass is 317 g/mol. The summed E-state index contributed by atoms with van der Waals surface area (Å²) in [5, 5.41) is 0. The van der Waals surface area contributed by atoms with Gasteiger partial charge in [-0.15, -0.1) is 0 Å². The molecule has 2 aliphatic heterocycles. The summed E-state index contributed by atoms with van der Waals surface area (Å²) in [4.78, 5) is 2.56. The lowest BCUT2D eigenvalue weighted by atomic mass is 9.68. The second-order valence-electron chi connectivity index (χ2n) is 7.46. The summed E-state index contributed by atoms with van der Waals surface area (Å²) in [7, 11) is 0. The van der Waals surface area contributed by atoms with E-state index in [1.54, 1.807) is 0 Å². The van der Waals surface area contributed by atoms with Crippen LogP contribution in [0.15, 0.2) is 30.3 Å². The molecule has 0 N–H and O–H groups in total. The van der Waals surface area contributed by atoms with Gasteiger partial charge < -0.3 is 9.47 Å². The Hall–Kier alpha value is -0.900. The molecule has 0 radical (unpaired) electrons. The van der Waals surface area contributed by atoms with Crippen LogP contribution < -0.4 is 0 Å². The molecule has 0 spiro atoms. The highest BCUT2D eigenvalue weighted by atomic mass is 16.5. The molecule has 23 heavy (non-hydrogen) atoms. The first-order valence-corrected chi connectivity index (χ1v) is 9.17. The van der Waals surface area contributed by atoms with Gasteiger partial charge in [0.2, 0.25) is 0 Å². The van der Waals surface area contributed by atoms with Gasteiger partial charge in [-0.1, -0.05) is 44.2 Å². The first kappa shape index (κ1) is 16.9. The third-order valence-corrected chi connectivity index (χ3v) is 5.64. The molecule has 0 saturated carbocycles. The van der Waals surface area contributed by atoms with Gasteiger partial charge in [-0.05, 0) is 37.3 Å². The number of hydrogen-bond donors (Lipinski definition) is 0. The Morgan fingerprint density at radius 2 is 1.87 bits per heavy atom. The van der Waals surface area contributed by atoms with Crippen LogP contribution in [0.3, 0.4) is 0 Å². The molecule has 2 aliphatic rings. The zero-order valence-electron chi connectivity index (χ0n) is 14.7. The molecule has 3 rings (SSSR count). The number of ether oxygens (including phenoxy) is 2. The van der Waals surface area contributed by atoms with Crippen LogP contribution in [0.4, 0.5) is 0 Å². The summed E-state index contributed by atoms with van der Waals surface area (Å²) >= 11 is 0. The predicted octanol–water partition coefficient (Wildman–Crippen LogP) is 3.48. The Balaban J connectivity index is 1.75. The Kier molecular flexibility index (Phi) is 5.73. The molecule has 0 bridgehead atoms. The average Bonchev–Trinajstić information content (AvgIpc) is 2.62. The molecule has 2 heterocycles. The van der Waals surface area contributed by atoms with Crippen molar-refractivity contribution in [2.24, 2.45) is 5.92 Å². The van der Waals surface area contributed by atoms with E-state index >= 15 is 0 Å². The highest BCUT2D eigenvalue weighted by molar-refractivity contribution is 5.26. The van der Waals surface area contributed by atoms with E-state index in [2.05, 4.69) is 49.1 Å². The van der Waals surface area contributed by atoms with E-state index in [9.17, 15) is 0 Å². The lowest BCUT2D eigenvalue weighted by Crippen LogP contribution is -2.44. The molecule has 3 heteroatoms. The maximum Gasteiger partial charge on any atom is 0.0606 e. The average molecular weight is 317 g/mol. The molecule has 2 atom stereocenters. The van der Waals surface area contributed by atoms with Crippen LogP contribution in [0.5, 0.6) is 0 Å². The molecule has 2 unspecified atom stereocenters. The van der Waals surface area contributed by atoms with Gasteiger partial charge in [-0.2, -0.15) is 0 Å². The van der Waals surface area contributed by atoms with Crippen molar-refractivity contribution in [3.63, 3.8) is 0 Å². The molecule has 2 fully saturated rings. The number of benzene rings is 1. The third kappa shape index (κ3) is 4.14. The van der Waals surface area contributed by atoms with Crippen molar-refractivity contribution in [1.82, 2.24) is 4.90 Å². The quantitative estimate of drug-likeness (QED) is 0.830. The number of hydrogen-bond acceptors (Lipinski definition) is 3. The minimum atomic E-state index is 0.271. The molecule has 0 amide bonds. The van der Waals surface area contributed by atoms with E-state index in [-0.39, 0.29) is 5.41 Å². The summed E-state index contributed by atoms with van der Waals surface area (Å²) in [6, 6.07) is 11.1. The summed E-state index contributed by atoms with van der Waals surface area (Å²) in [6.45, 7) is 10.6. The molecular weight excluding hydrogens is 286 g/mol. The van der Waals surface area contributed by atoms with Gasteiger partial charge in [0.05, 0.1) is 19.3 Å². The number of rotatable bonds is 5. The molecule has 0 aliphatic carbocycles. The van der Waals surface area contributed by atoms with E-state index in [1.807, 2.05) is 0 Å². The molecule has 3 nitrogen and oxygen atoms in total. The van der Waals surface area contributed by atoms with E-state index in [0.29, 0.717) is 12.0 Å². The standard InChI is InChI=1S/C20H31NO2/c1-17(2)19-16-20(9-13-23-19,18-6-4-3-5-7-18)8-10-21-11-14-22-15-12-21/h3-7,17,19H,8-16H2,1-2H3. The van der Waals surface area contributed by atoms with Crippen LogP contribution in [-0.2, 0) is 14.9 Å². The second kappa shape index (κ2) is 7.78. The lowest BCUT2D eigenvalue weighted by molar-refractivity contribution is -0.0506. The minimum Gasteiger partial charge on any atom is -0.379 e. The molecule has 1 aromatic rings.